The van der Waals surface area contributed by atoms with Gasteiger partial charge in [-0.25, -0.2) is 10.2 Å². The largest absolute Gasteiger partial charge is 0.443 e. The third-order valence-electron chi connectivity index (χ3n) is 3.83. The fraction of sp³-hybridized carbons (Fsp3) is 0.846. The van der Waals surface area contributed by atoms with Gasteiger partial charge in [0, 0.05) is 5.92 Å². The van der Waals surface area contributed by atoms with Crippen LogP contribution in [0.4, 0.5) is 4.79 Å². The van der Waals surface area contributed by atoms with E-state index in [2.05, 4.69) is 10.9 Å². The van der Waals surface area contributed by atoms with E-state index >= 15 is 0 Å². The van der Waals surface area contributed by atoms with E-state index in [4.69, 9.17) is 4.74 Å². The Morgan fingerprint density at radius 2 is 1.78 bits per heavy atom. The zero-order valence-electron chi connectivity index (χ0n) is 11.3. The van der Waals surface area contributed by atoms with Crippen molar-refractivity contribution in [2.75, 3.05) is 0 Å². The van der Waals surface area contributed by atoms with E-state index < -0.39 is 11.7 Å². The molecule has 2 fully saturated rings. The molecule has 2 amide bonds. The molecule has 2 aliphatic carbocycles. The lowest BCUT2D eigenvalue weighted by atomic mass is 9.52. The van der Waals surface area contributed by atoms with Gasteiger partial charge in [0.2, 0.25) is 5.91 Å². The number of amides is 2. The molecule has 0 unspecified atom stereocenters. The Kier molecular flexibility index (Phi) is 3.25. The third-order valence-corrected chi connectivity index (χ3v) is 3.83. The Bertz CT molecular complexity index is 348. The smallest absolute Gasteiger partial charge is 0.426 e. The molecule has 18 heavy (non-hydrogen) atoms. The molecule has 0 heterocycles. The van der Waals surface area contributed by atoms with Gasteiger partial charge in [0.1, 0.15) is 5.60 Å². The van der Waals surface area contributed by atoms with Gasteiger partial charge in [-0.05, 0) is 51.9 Å². The van der Waals surface area contributed by atoms with Gasteiger partial charge in [-0.2, -0.15) is 0 Å². The Morgan fingerprint density at radius 3 is 2.22 bits per heavy atom. The van der Waals surface area contributed by atoms with Crippen LogP contribution in [-0.2, 0) is 9.53 Å². The van der Waals surface area contributed by atoms with Crippen LogP contribution in [-0.4, -0.2) is 17.6 Å². The van der Waals surface area contributed by atoms with E-state index in [1.165, 1.54) is 19.3 Å². The molecule has 0 saturated heterocycles. The van der Waals surface area contributed by atoms with Gasteiger partial charge in [0.05, 0.1) is 0 Å². The second-order valence-corrected chi connectivity index (χ2v) is 6.57. The number of carbonyl (C=O) groups excluding carboxylic acids is 2. The minimum atomic E-state index is -0.617. The van der Waals surface area contributed by atoms with E-state index in [1.807, 2.05) is 0 Å². The first-order valence-electron chi connectivity index (χ1n) is 6.59. The highest BCUT2D eigenvalue weighted by atomic mass is 16.6. The van der Waals surface area contributed by atoms with Gasteiger partial charge in [-0.3, -0.25) is 10.2 Å². The average molecular weight is 254 g/mol. The SMILES string of the molecule is CC(C)(C)OC(=O)NNC(=O)C1CC2(CCC2)C1. The van der Waals surface area contributed by atoms with Gasteiger partial charge >= 0.3 is 6.09 Å². The summed E-state index contributed by atoms with van der Waals surface area (Å²) < 4.78 is 5.03. The minimum Gasteiger partial charge on any atom is -0.443 e. The predicted molar refractivity (Wildman–Crippen MR) is 66.5 cm³/mol. The predicted octanol–water partition coefficient (Wildman–Crippen LogP) is 2.12. The van der Waals surface area contributed by atoms with Gasteiger partial charge in [0.15, 0.2) is 0 Å². The lowest BCUT2D eigenvalue weighted by Crippen LogP contribution is -2.53. The van der Waals surface area contributed by atoms with Gasteiger partial charge in [-0.1, -0.05) is 6.42 Å². The molecule has 2 rings (SSSR count). The van der Waals surface area contributed by atoms with Crippen molar-refractivity contribution in [3.63, 3.8) is 0 Å². The van der Waals surface area contributed by atoms with Crippen LogP contribution in [0, 0.1) is 11.3 Å². The second kappa shape index (κ2) is 4.44. The molecule has 0 aliphatic heterocycles. The number of hydrogen-bond donors (Lipinski definition) is 2. The van der Waals surface area contributed by atoms with E-state index in [9.17, 15) is 9.59 Å². The fourth-order valence-electron chi connectivity index (χ4n) is 2.77. The van der Waals surface area contributed by atoms with Crippen LogP contribution in [0.25, 0.3) is 0 Å². The van der Waals surface area contributed by atoms with Crippen LogP contribution in [0.2, 0.25) is 0 Å². The summed E-state index contributed by atoms with van der Waals surface area (Å²) in [6.07, 6.45) is 5.13. The van der Waals surface area contributed by atoms with E-state index in [-0.39, 0.29) is 11.8 Å². The van der Waals surface area contributed by atoms with Crippen LogP contribution in [0.5, 0.6) is 0 Å². The molecule has 5 heteroatoms. The Labute approximate surface area is 108 Å². The van der Waals surface area contributed by atoms with Crippen molar-refractivity contribution in [3.8, 4) is 0 Å². The number of nitrogens with one attached hydrogen (secondary N) is 2. The summed E-state index contributed by atoms with van der Waals surface area (Å²) in [6.45, 7) is 5.34. The van der Waals surface area contributed by atoms with E-state index in [0.29, 0.717) is 5.41 Å². The van der Waals surface area contributed by atoms with Crippen molar-refractivity contribution >= 4 is 12.0 Å². The van der Waals surface area contributed by atoms with Gasteiger partial charge < -0.3 is 4.74 Å². The fourth-order valence-corrected chi connectivity index (χ4v) is 2.77. The van der Waals surface area contributed by atoms with Crippen molar-refractivity contribution < 1.29 is 14.3 Å². The van der Waals surface area contributed by atoms with Crippen LogP contribution in [0.3, 0.4) is 0 Å². The summed E-state index contributed by atoms with van der Waals surface area (Å²) in [5, 5.41) is 0. The van der Waals surface area contributed by atoms with Crippen molar-refractivity contribution in [1.29, 1.82) is 0 Å². The highest BCUT2D eigenvalue weighted by Crippen LogP contribution is 2.58. The molecular formula is C13H22N2O3. The maximum Gasteiger partial charge on any atom is 0.426 e. The summed E-state index contributed by atoms with van der Waals surface area (Å²) in [4.78, 5) is 23.1. The first-order chi connectivity index (χ1) is 8.30. The number of hydrogen-bond acceptors (Lipinski definition) is 3. The van der Waals surface area contributed by atoms with Gasteiger partial charge in [-0.15, -0.1) is 0 Å². The lowest BCUT2D eigenvalue weighted by molar-refractivity contribution is -0.137. The summed E-state index contributed by atoms with van der Waals surface area (Å²) in [7, 11) is 0. The molecule has 1 spiro atoms. The highest BCUT2D eigenvalue weighted by molar-refractivity contribution is 5.82. The molecule has 0 aromatic heterocycles. The summed E-state index contributed by atoms with van der Waals surface area (Å²) in [5.41, 5.74) is 4.63. The monoisotopic (exact) mass is 254 g/mol. The maximum atomic E-state index is 11.7. The maximum absolute atomic E-state index is 11.7. The Morgan fingerprint density at radius 1 is 1.17 bits per heavy atom. The topological polar surface area (TPSA) is 67.4 Å². The zero-order valence-corrected chi connectivity index (χ0v) is 11.3. The highest BCUT2D eigenvalue weighted by Gasteiger charge is 2.50. The summed E-state index contributed by atoms with van der Waals surface area (Å²) in [5.74, 6) is -0.0429. The minimum absolute atomic E-state index is 0.0558. The molecule has 5 nitrogen and oxygen atoms in total. The average Bonchev–Trinajstić information content (AvgIpc) is 2.07. The molecule has 0 aromatic rings. The second-order valence-electron chi connectivity index (χ2n) is 6.57. The van der Waals surface area contributed by atoms with Crippen molar-refractivity contribution in [3.05, 3.63) is 0 Å². The molecule has 2 saturated carbocycles. The third kappa shape index (κ3) is 2.94. The number of carbonyl (C=O) groups is 2. The standard InChI is InChI=1S/C13H22N2O3/c1-12(2,3)18-11(17)15-14-10(16)9-7-13(8-9)5-4-6-13/h9H,4-8H2,1-3H3,(H,14,16)(H,15,17). The molecular weight excluding hydrogens is 232 g/mol. The number of hydrazine groups is 1. The van der Waals surface area contributed by atoms with E-state index in [1.54, 1.807) is 20.8 Å². The van der Waals surface area contributed by atoms with Crippen LogP contribution in [0.1, 0.15) is 52.9 Å². The normalized spacial score (nSPS) is 21.7. The first-order valence-corrected chi connectivity index (χ1v) is 6.59. The quantitative estimate of drug-likeness (QED) is 0.704. The lowest BCUT2D eigenvalue weighted by Gasteiger charge is -2.53. The van der Waals surface area contributed by atoms with Crippen molar-refractivity contribution in [2.24, 2.45) is 11.3 Å². The Hall–Kier alpha value is -1.26. The van der Waals surface area contributed by atoms with E-state index in [0.717, 1.165) is 12.8 Å². The van der Waals surface area contributed by atoms with Gasteiger partial charge in [0.25, 0.3) is 0 Å². The van der Waals surface area contributed by atoms with Crippen molar-refractivity contribution in [2.45, 2.75) is 58.5 Å². The van der Waals surface area contributed by atoms with Crippen LogP contribution >= 0.6 is 0 Å². The molecule has 0 bridgehead atoms. The first kappa shape index (κ1) is 13.2. The number of ether oxygens (including phenoxy) is 1. The van der Waals surface area contributed by atoms with Crippen LogP contribution < -0.4 is 10.9 Å². The van der Waals surface area contributed by atoms with Crippen molar-refractivity contribution in [1.82, 2.24) is 10.9 Å². The molecule has 0 aromatic carbocycles. The summed E-state index contributed by atoms with van der Waals surface area (Å²) in [6, 6.07) is 0. The summed E-state index contributed by atoms with van der Waals surface area (Å²) >= 11 is 0. The Balaban J connectivity index is 1.65. The molecule has 102 valence electrons. The number of rotatable bonds is 1. The molecule has 2 aliphatic rings. The molecule has 0 atom stereocenters. The zero-order chi connectivity index (χ0) is 13.4. The molecule has 2 N–H and O–H groups in total. The van der Waals surface area contributed by atoms with Crippen LogP contribution in [0.15, 0.2) is 0 Å². The molecule has 0 radical (unpaired) electrons.